The van der Waals surface area contributed by atoms with Crippen molar-refractivity contribution in [3.05, 3.63) is 53.6 Å². The molecular formula is C23H30N2O4. The van der Waals surface area contributed by atoms with Crippen LogP contribution in [0.5, 0.6) is 11.5 Å². The van der Waals surface area contributed by atoms with Gasteiger partial charge in [-0.05, 0) is 48.2 Å². The molecule has 156 valence electrons. The topological polar surface area (TPSA) is 67.9 Å². The number of ether oxygens (including phenoxy) is 2. The van der Waals surface area contributed by atoms with Gasteiger partial charge in [-0.25, -0.2) is 0 Å². The van der Waals surface area contributed by atoms with E-state index in [4.69, 9.17) is 9.47 Å². The fourth-order valence-corrected chi connectivity index (χ4v) is 3.07. The summed E-state index contributed by atoms with van der Waals surface area (Å²) in [6, 6.07) is 13.6. The van der Waals surface area contributed by atoms with E-state index in [0.29, 0.717) is 37.4 Å². The first-order chi connectivity index (χ1) is 14.0. The SMILES string of the molecule is CCc1ccc(N(CCNC(=O)CCc2ccc(OC)c(OC)c2)C(C)=O)cc1. The molecular weight excluding hydrogens is 368 g/mol. The van der Waals surface area contributed by atoms with Gasteiger partial charge in [-0.1, -0.05) is 25.1 Å². The van der Waals surface area contributed by atoms with Crippen molar-refractivity contribution in [1.82, 2.24) is 5.32 Å². The molecule has 0 aromatic heterocycles. The Labute approximate surface area is 172 Å². The van der Waals surface area contributed by atoms with Gasteiger partial charge < -0.3 is 19.7 Å². The summed E-state index contributed by atoms with van der Waals surface area (Å²) >= 11 is 0. The standard InChI is InChI=1S/C23H30N2O4/c1-5-18-6-10-20(11-7-18)25(17(2)26)15-14-24-23(27)13-9-19-8-12-21(28-3)22(16-19)29-4/h6-8,10-12,16H,5,9,13-15H2,1-4H3,(H,24,27). The summed E-state index contributed by atoms with van der Waals surface area (Å²) in [5, 5.41) is 2.89. The van der Waals surface area contributed by atoms with Crippen molar-refractivity contribution in [2.24, 2.45) is 0 Å². The van der Waals surface area contributed by atoms with Gasteiger partial charge in [0.25, 0.3) is 0 Å². The minimum Gasteiger partial charge on any atom is -0.493 e. The fraction of sp³-hybridized carbons (Fsp3) is 0.391. The lowest BCUT2D eigenvalue weighted by molar-refractivity contribution is -0.121. The summed E-state index contributed by atoms with van der Waals surface area (Å²) in [5.74, 6) is 1.21. The minimum absolute atomic E-state index is 0.0474. The Kier molecular flexibility index (Phi) is 8.52. The number of amides is 2. The lowest BCUT2D eigenvalue weighted by Gasteiger charge is -2.21. The highest BCUT2D eigenvalue weighted by Crippen LogP contribution is 2.27. The van der Waals surface area contributed by atoms with Gasteiger partial charge in [0, 0.05) is 32.1 Å². The van der Waals surface area contributed by atoms with Crippen LogP contribution in [0.2, 0.25) is 0 Å². The smallest absolute Gasteiger partial charge is 0.223 e. The van der Waals surface area contributed by atoms with E-state index in [1.807, 2.05) is 42.5 Å². The van der Waals surface area contributed by atoms with Gasteiger partial charge >= 0.3 is 0 Å². The molecule has 0 heterocycles. The largest absolute Gasteiger partial charge is 0.493 e. The number of hydrogen-bond acceptors (Lipinski definition) is 4. The number of nitrogens with zero attached hydrogens (tertiary/aromatic N) is 1. The quantitative estimate of drug-likeness (QED) is 0.666. The van der Waals surface area contributed by atoms with E-state index in [-0.39, 0.29) is 11.8 Å². The summed E-state index contributed by atoms with van der Waals surface area (Å²) in [6.07, 6.45) is 1.92. The van der Waals surface area contributed by atoms with Crippen molar-refractivity contribution in [2.45, 2.75) is 33.1 Å². The van der Waals surface area contributed by atoms with Gasteiger partial charge in [0.1, 0.15) is 0 Å². The average Bonchev–Trinajstić information content (AvgIpc) is 2.74. The molecule has 0 saturated carbocycles. The second kappa shape index (κ2) is 11.1. The zero-order valence-corrected chi connectivity index (χ0v) is 17.7. The Hall–Kier alpha value is -3.02. The number of carbonyl (C=O) groups is 2. The monoisotopic (exact) mass is 398 g/mol. The minimum atomic E-state index is -0.0513. The van der Waals surface area contributed by atoms with Crippen LogP contribution < -0.4 is 19.7 Å². The van der Waals surface area contributed by atoms with Crippen LogP contribution in [0, 0.1) is 0 Å². The summed E-state index contributed by atoms with van der Waals surface area (Å²) in [5.41, 5.74) is 3.06. The Morgan fingerprint density at radius 3 is 2.21 bits per heavy atom. The van der Waals surface area contributed by atoms with E-state index >= 15 is 0 Å². The highest BCUT2D eigenvalue weighted by molar-refractivity contribution is 5.91. The first-order valence-corrected chi connectivity index (χ1v) is 9.83. The fourth-order valence-electron chi connectivity index (χ4n) is 3.07. The van der Waals surface area contributed by atoms with E-state index in [9.17, 15) is 9.59 Å². The second-order valence-corrected chi connectivity index (χ2v) is 6.73. The number of carbonyl (C=O) groups excluding carboxylic acids is 2. The summed E-state index contributed by atoms with van der Waals surface area (Å²) in [7, 11) is 3.18. The highest BCUT2D eigenvalue weighted by atomic mass is 16.5. The van der Waals surface area contributed by atoms with Crippen molar-refractivity contribution in [3.8, 4) is 11.5 Å². The Morgan fingerprint density at radius 1 is 0.966 bits per heavy atom. The molecule has 6 nitrogen and oxygen atoms in total. The molecule has 0 bridgehead atoms. The molecule has 0 aliphatic carbocycles. The third-order valence-corrected chi connectivity index (χ3v) is 4.78. The molecule has 29 heavy (non-hydrogen) atoms. The third kappa shape index (κ3) is 6.52. The van der Waals surface area contributed by atoms with Crippen LogP contribution in [-0.4, -0.2) is 39.1 Å². The second-order valence-electron chi connectivity index (χ2n) is 6.73. The zero-order chi connectivity index (χ0) is 21.2. The molecule has 2 aromatic carbocycles. The Morgan fingerprint density at radius 2 is 1.62 bits per heavy atom. The number of aryl methyl sites for hydroxylation is 2. The van der Waals surface area contributed by atoms with Gasteiger partial charge in [-0.2, -0.15) is 0 Å². The molecule has 1 N–H and O–H groups in total. The van der Waals surface area contributed by atoms with Crippen LogP contribution >= 0.6 is 0 Å². The van der Waals surface area contributed by atoms with Gasteiger partial charge in [0.05, 0.1) is 14.2 Å². The normalized spacial score (nSPS) is 10.3. The molecule has 0 saturated heterocycles. The molecule has 2 rings (SSSR count). The zero-order valence-electron chi connectivity index (χ0n) is 17.7. The number of anilines is 1. The maximum atomic E-state index is 12.2. The number of nitrogens with one attached hydrogen (secondary N) is 1. The summed E-state index contributed by atoms with van der Waals surface area (Å²) in [6.45, 7) is 4.46. The lowest BCUT2D eigenvalue weighted by atomic mass is 10.1. The van der Waals surface area contributed by atoms with E-state index in [1.54, 1.807) is 19.1 Å². The predicted octanol–water partition coefficient (Wildman–Crippen LogP) is 3.37. The summed E-state index contributed by atoms with van der Waals surface area (Å²) < 4.78 is 10.5. The van der Waals surface area contributed by atoms with E-state index in [2.05, 4.69) is 12.2 Å². The lowest BCUT2D eigenvalue weighted by Crippen LogP contribution is -2.37. The average molecular weight is 399 g/mol. The van der Waals surface area contributed by atoms with Gasteiger partial charge in [0.15, 0.2) is 11.5 Å². The maximum Gasteiger partial charge on any atom is 0.223 e. The van der Waals surface area contributed by atoms with Crippen molar-refractivity contribution < 1.29 is 19.1 Å². The number of methoxy groups -OCH3 is 2. The number of hydrogen-bond donors (Lipinski definition) is 1. The molecule has 0 radical (unpaired) electrons. The Bertz CT molecular complexity index is 818. The van der Waals surface area contributed by atoms with E-state index in [0.717, 1.165) is 17.7 Å². The van der Waals surface area contributed by atoms with Crippen molar-refractivity contribution >= 4 is 17.5 Å². The molecule has 0 aliphatic heterocycles. The number of rotatable bonds is 10. The Balaban J connectivity index is 1.83. The van der Waals surface area contributed by atoms with Crippen LogP contribution in [0.3, 0.4) is 0 Å². The highest BCUT2D eigenvalue weighted by Gasteiger charge is 2.12. The molecule has 0 fully saturated rings. The van der Waals surface area contributed by atoms with E-state index in [1.165, 1.54) is 12.5 Å². The van der Waals surface area contributed by atoms with Crippen molar-refractivity contribution in [1.29, 1.82) is 0 Å². The predicted molar refractivity (Wildman–Crippen MR) is 115 cm³/mol. The molecule has 0 spiro atoms. The molecule has 0 atom stereocenters. The number of benzene rings is 2. The van der Waals surface area contributed by atoms with Crippen molar-refractivity contribution in [2.75, 3.05) is 32.2 Å². The van der Waals surface area contributed by atoms with Crippen molar-refractivity contribution in [3.63, 3.8) is 0 Å². The first-order valence-electron chi connectivity index (χ1n) is 9.83. The van der Waals surface area contributed by atoms with Gasteiger partial charge in [-0.15, -0.1) is 0 Å². The van der Waals surface area contributed by atoms with Gasteiger partial charge in [-0.3, -0.25) is 9.59 Å². The molecule has 0 unspecified atom stereocenters. The first kappa shape index (κ1) is 22.3. The molecule has 6 heteroatoms. The third-order valence-electron chi connectivity index (χ3n) is 4.78. The molecule has 0 aliphatic rings. The summed E-state index contributed by atoms with van der Waals surface area (Å²) in [4.78, 5) is 25.9. The van der Waals surface area contributed by atoms with E-state index < -0.39 is 0 Å². The van der Waals surface area contributed by atoms with Crippen LogP contribution in [0.15, 0.2) is 42.5 Å². The van der Waals surface area contributed by atoms with Gasteiger partial charge in [0.2, 0.25) is 11.8 Å². The van der Waals surface area contributed by atoms with Crippen LogP contribution in [-0.2, 0) is 22.4 Å². The van der Waals surface area contributed by atoms with Crippen LogP contribution in [0.25, 0.3) is 0 Å². The maximum absolute atomic E-state index is 12.2. The van der Waals surface area contributed by atoms with Crippen LogP contribution in [0.1, 0.15) is 31.4 Å². The van der Waals surface area contributed by atoms with Crippen LogP contribution in [0.4, 0.5) is 5.69 Å². The molecule has 2 amide bonds. The molecule has 2 aromatic rings.